The van der Waals surface area contributed by atoms with E-state index in [2.05, 4.69) is 41.9 Å². The zero-order chi connectivity index (χ0) is 50.7. The minimum absolute atomic E-state index is 0.0243. The minimum atomic E-state index is -1.34. The molecule has 8 amide bonds. The second-order valence-electron chi connectivity index (χ2n) is 18.2. The van der Waals surface area contributed by atoms with Crippen molar-refractivity contribution in [3.63, 3.8) is 0 Å². The Balaban J connectivity index is 1.51. The first kappa shape index (κ1) is 53.9. The lowest BCUT2D eigenvalue weighted by Gasteiger charge is -2.30. The van der Waals surface area contributed by atoms with Gasteiger partial charge in [-0.3, -0.25) is 43.3 Å². The van der Waals surface area contributed by atoms with Crippen molar-refractivity contribution in [3.05, 3.63) is 71.9 Å². The van der Waals surface area contributed by atoms with E-state index in [4.69, 9.17) is 17.2 Å². The first-order valence-corrected chi connectivity index (χ1v) is 24.2. The zero-order valence-corrected chi connectivity index (χ0v) is 40.0. The largest absolute Gasteiger partial charge is 0.391 e. The highest BCUT2D eigenvalue weighted by atomic mass is 16.3. The van der Waals surface area contributed by atoms with Crippen LogP contribution in [0.15, 0.2) is 65.8 Å². The van der Waals surface area contributed by atoms with Gasteiger partial charge in [-0.15, -0.1) is 0 Å². The van der Waals surface area contributed by atoms with Crippen LogP contribution in [0.3, 0.4) is 0 Å². The molecule has 70 heavy (non-hydrogen) atoms. The fourth-order valence-corrected chi connectivity index (χ4v) is 8.72. The molecule has 0 spiro atoms. The monoisotopic (exact) mass is 971 g/mol. The third-order valence-electron chi connectivity index (χ3n) is 12.7. The SMILES string of the molecule is CCCC[C@H](C)C(=O)N[C@H]1CCC(=O)NCCCC[C@@H](C(N)=O)NC(=O)[C@H](Cc2c[nH]c3ccccc23)NC(=O)[C@H](CCCN=C(N)N)NC(=O)[C@@H](Cc2ccccc2)NC(=O)[C@@H]2C[C@@H](O)CN2C1=O. The maximum Gasteiger partial charge on any atom is 0.245 e. The van der Waals surface area contributed by atoms with Crippen LogP contribution in [0.25, 0.3) is 10.9 Å². The summed E-state index contributed by atoms with van der Waals surface area (Å²) in [6.07, 6.45) is 3.18. The molecule has 0 aliphatic carbocycles. The summed E-state index contributed by atoms with van der Waals surface area (Å²) in [6, 6.07) is 8.53. The summed E-state index contributed by atoms with van der Waals surface area (Å²) in [5, 5.41) is 28.4. The highest BCUT2D eigenvalue weighted by Crippen LogP contribution is 2.23. The van der Waals surface area contributed by atoms with Gasteiger partial charge in [0.15, 0.2) is 5.96 Å². The maximum absolute atomic E-state index is 14.6. The normalized spacial score (nSPS) is 24.2. The van der Waals surface area contributed by atoms with Gasteiger partial charge in [-0.2, -0.15) is 0 Å². The van der Waals surface area contributed by atoms with Crippen LogP contribution in [0.5, 0.6) is 0 Å². The van der Waals surface area contributed by atoms with Crippen molar-refractivity contribution < 1.29 is 43.5 Å². The van der Waals surface area contributed by atoms with Crippen LogP contribution < -0.4 is 49.1 Å². The van der Waals surface area contributed by atoms with Crippen molar-refractivity contribution in [1.29, 1.82) is 0 Å². The van der Waals surface area contributed by atoms with E-state index in [1.807, 2.05) is 31.2 Å². The smallest absolute Gasteiger partial charge is 0.245 e. The summed E-state index contributed by atoms with van der Waals surface area (Å²) in [7, 11) is 0. The number of amides is 8. The number of primary amides is 1. The molecule has 8 atom stereocenters. The van der Waals surface area contributed by atoms with Crippen LogP contribution in [-0.2, 0) is 51.2 Å². The Labute approximate surface area is 407 Å². The number of para-hydroxylation sites is 1. The molecule has 2 fully saturated rings. The average molecular weight is 971 g/mol. The Bertz CT molecular complexity index is 2320. The Hall–Kier alpha value is -7.03. The summed E-state index contributed by atoms with van der Waals surface area (Å²) < 4.78 is 0. The quantitative estimate of drug-likeness (QED) is 0.0570. The summed E-state index contributed by atoms with van der Waals surface area (Å²) in [6.45, 7) is 3.74. The number of carbonyl (C=O) groups is 8. The van der Waals surface area contributed by atoms with Gasteiger partial charge in [0.2, 0.25) is 47.3 Å². The fraction of sp³-hybridized carbons (Fsp3) is 0.531. The van der Waals surface area contributed by atoms with E-state index < -0.39 is 95.5 Å². The molecule has 2 aliphatic rings. The minimum Gasteiger partial charge on any atom is -0.391 e. The number of aromatic amines is 1. The Morgan fingerprint density at radius 3 is 2.23 bits per heavy atom. The molecule has 2 aliphatic heterocycles. The van der Waals surface area contributed by atoms with Crippen molar-refractivity contribution in [2.24, 2.45) is 28.1 Å². The van der Waals surface area contributed by atoms with Gasteiger partial charge in [0.25, 0.3) is 0 Å². The van der Waals surface area contributed by atoms with E-state index in [-0.39, 0.29) is 77.0 Å². The van der Waals surface area contributed by atoms with E-state index in [1.165, 1.54) is 4.90 Å². The molecule has 0 bridgehead atoms. The number of nitrogens with zero attached hydrogens (tertiary/aromatic N) is 2. The lowest BCUT2D eigenvalue weighted by Crippen LogP contribution is -2.60. The number of H-pyrrole nitrogens is 1. The molecule has 0 unspecified atom stereocenters. The number of aliphatic imine (C=N–C) groups is 1. The van der Waals surface area contributed by atoms with E-state index in [0.29, 0.717) is 30.4 Å². The summed E-state index contributed by atoms with van der Waals surface area (Å²) >= 11 is 0. The molecule has 2 aromatic carbocycles. The molecule has 1 aromatic heterocycles. The number of aliphatic hydroxyl groups is 1. The lowest BCUT2D eigenvalue weighted by molar-refractivity contribution is -0.143. The molecule has 0 saturated carbocycles. The molecule has 380 valence electrons. The van der Waals surface area contributed by atoms with Crippen molar-refractivity contribution in [2.45, 2.75) is 140 Å². The van der Waals surface area contributed by atoms with Crippen LogP contribution >= 0.6 is 0 Å². The standard InChI is InChI=1S/C49H70N12O9/c1-3-4-13-29(2)43(65)58-37-20-21-41(63)53-22-11-10-18-35(42(50)64)56-46(68)39(25-31-27-55-34-17-9-8-16-33(31)34)59-44(66)36(19-12-23-54-49(51)52)57-45(67)38(24-30-14-6-5-7-15-30)60-47(69)40-26-32(62)28-61(40)48(37)70/h5-9,14-17,27,29,32,35-40,55,62H,3-4,10-13,18-26,28H2,1-2H3,(H2,50,64)(H,53,63)(H,56,68)(H,57,67)(H,58,65)(H,59,66)(H,60,69)(H4,51,52,54)/t29-,32+,35-,36-,37-,38+,39-,40-/m0/s1. The second kappa shape index (κ2) is 26.7. The maximum atomic E-state index is 14.6. The molecular formula is C49H70N12O9. The number of hydrogen-bond acceptors (Lipinski definition) is 10. The predicted molar refractivity (Wildman–Crippen MR) is 262 cm³/mol. The Kier molecular flexibility index (Phi) is 20.5. The van der Waals surface area contributed by atoms with Crippen LogP contribution in [-0.4, -0.2) is 130 Å². The number of hydrogen-bond donors (Lipinski definition) is 11. The second-order valence-corrected chi connectivity index (χ2v) is 18.2. The topological polar surface area (TPSA) is 338 Å². The molecular weight excluding hydrogens is 901 g/mol. The Morgan fingerprint density at radius 1 is 0.829 bits per heavy atom. The van der Waals surface area contributed by atoms with Crippen molar-refractivity contribution >= 4 is 64.1 Å². The van der Waals surface area contributed by atoms with E-state index >= 15 is 0 Å². The van der Waals surface area contributed by atoms with Gasteiger partial charge < -0.3 is 64.1 Å². The fourth-order valence-electron chi connectivity index (χ4n) is 8.72. The number of nitrogens with one attached hydrogen (secondary N) is 7. The number of unbranched alkanes of at least 4 members (excludes halogenated alkanes) is 1. The molecule has 21 heteroatoms. The van der Waals surface area contributed by atoms with Crippen molar-refractivity contribution in [3.8, 4) is 0 Å². The van der Waals surface area contributed by atoms with Crippen LogP contribution in [0, 0.1) is 5.92 Å². The highest BCUT2D eigenvalue weighted by molar-refractivity contribution is 5.98. The lowest BCUT2D eigenvalue weighted by atomic mass is 10.0. The number of aliphatic hydroxyl groups excluding tert-OH is 1. The van der Waals surface area contributed by atoms with Crippen molar-refractivity contribution in [1.82, 2.24) is 41.8 Å². The number of rotatable bonds is 14. The summed E-state index contributed by atoms with van der Waals surface area (Å²) in [5.41, 5.74) is 19.0. The average Bonchev–Trinajstić information content (AvgIpc) is 3.94. The highest BCUT2D eigenvalue weighted by Gasteiger charge is 2.43. The van der Waals surface area contributed by atoms with E-state index in [0.717, 1.165) is 23.7 Å². The van der Waals surface area contributed by atoms with E-state index in [1.54, 1.807) is 43.5 Å². The van der Waals surface area contributed by atoms with Crippen LogP contribution in [0.2, 0.25) is 0 Å². The van der Waals surface area contributed by atoms with Crippen LogP contribution in [0.4, 0.5) is 0 Å². The number of nitrogens with two attached hydrogens (primary N) is 3. The van der Waals surface area contributed by atoms with Gasteiger partial charge in [0.1, 0.15) is 36.3 Å². The van der Waals surface area contributed by atoms with E-state index in [9.17, 15) is 43.5 Å². The number of guanidine groups is 1. The zero-order valence-electron chi connectivity index (χ0n) is 40.0. The van der Waals surface area contributed by atoms with Gasteiger partial charge in [0.05, 0.1) is 6.10 Å². The number of benzene rings is 2. The van der Waals surface area contributed by atoms with Gasteiger partial charge in [-0.1, -0.05) is 75.2 Å². The van der Waals surface area contributed by atoms with Gasteiger partial charge in [-0.05, 0) is 62.1 Å². The van der Waals surface area contributed by atoms with Gasteiger partial charge in [0, 0.05) is 68.3 Å². The summed E-state index contributed by atoms with van der Waals surface area (Å²) in [5.74, 6) is -6.01. The number of fused-ring (bicyclic) bond motifs is 2. The molecule has 14 N–H and O–H groups in total. The molecule has 5 rings (SSSR count). The number of aromatic nitrogens is 1. The van der Waals surface area contributed by atoms with Gasteiger partial charge >= 0.3 is 0 Å². The summed E-state index contributed by atoms with van der Waals surface area (Å²) in [4.78, 5) is 120. The van der Waals surface area contributed by atoms with Crippen LogP contribution in [0.1, 0.15) is 95.6 Å². The molecule has 3 aromatic rings. The molecule has 21 nitrogen and oxygen atoms in total. The molecule has 2 saturated heterocycles. The predicted octanol–water partition coefficient (Wildman–Crippen LogP) is -0.216. The Morgan fingerprint density at radius 2 is 1.50 bits per heavy atom. The first-order chi connectivity index (χ1) is 33.5. The third-order valence-corrected chi connectivity index (χ3v) is 12.7. The first-order valence-electron chi connectivity index (χ1n) is 24.2. The van der Waals surface area contributed by atoms with Gasteiger partial charge in [-0.25, -0.2) is 0 Å². The molecule has 3 heterocycles. The molecule has 0 radical (unpaired) electrons. The third kappa shape index (κ3) is 16.0. The van der Waals surface area contributed by atoms with Crippen molar-refractivity contribution in [2.75, 3.05) is 19.6 Å². The number of carbonyl (C=O) groups excluding carboxylic acids is 8.